The summed E-state index contributed by atoms with van der Waals surface area (Å²) in [6, 6.07) is 8.97. The molecule has 0 unspecified atom stereocenters. The number of carbonyl (C=O) groups excluding carboxylic acids is 2. The molecule has 1 aromatic rings. The fourth-order valence-corrected chi connectivity index (χ4v) is 2.28. The average molecular weight is 333 g/mol. The summed E-state index contributed by atoms with van der Waals surface area (Å²) in [5.74, 6) is -0.530. The smallest absolute Gasteiger partial charge is 0.264 e. The summed E-state index contributed by atoms with van der Waals surface area (Å²) in [6.45, 7) is 3.05. The Labute approximate surface area is 142 Å². The van der Waals surface area contributed by atoms with E-state index in [1.807, 2.05) is 44.4 Å². The van der Waals surface area contributed by atoms with Gasteiger partial charge in [0.2, 0.25) is 12.0 Å². The van der Waals surface area contributed by atoms with E-state index in [-0.39, 0.29) is 11.8 Å². The highest BCUT2D eigenvalue weighted by atomic mass is 16.6. The van der Waals surface area contributed by atoms with E-state index in [1.54, 1.807) is 6.92 Å². The van der Waals surface area contributed by atoms with Crippen molar-refractivity contribution in [1.29, 1.82) is 0 Å². The molecule has 2 atom stereocenters. The first-order chi connectivity index (χ1) is 11.5. The Kier molecular flexibility index (Phi) is 6.31. The first-order valence-electron chi connectivity index (χ1n) is 8.12. The van der Waals surface area contributed by atoms with Crippen LogP contribution in [0.1, 0.15) is 18.9 Å². The molecule has 2 amide bonds. The molecule has 24 heavy (non-hydrogen) atoms. The number of nitrogens with one attached hydrogen (secondary N) is 3. The van der Waals surface area contributed by atoms with Crippen molar-refractivity contribution in [3.63, 3.8) is 0 Å². The lowest BCUT2D eigenvalue weighted by Gasteiger charge is -2.16. The van der Waals surface area contributed by atoms with Crippen LogP contribution in [0, 0.1) is 0 Å². The number of likely N-dealkylation sites (N-methyl/N-ethyl adjacent to an activating group) is 1. The van der Waals surface area contributed by atoms with Crippen molar-refractivity contribution in [2.45, 2.75) is 25.5 Å². The maximum Gasteiger partial charge on any atom is 0.264 e. The van der Waals surface area contributed by atoms with Crippen molar-refractivity contribution < 1.29 is 19.3 Å². The lowest BCUT2D eigenvalue weighted by Crippen LogP contribution is -3.06. The van der Waals surface area contributed by atoms with Gasteiger partial charge in [0.1, 0.15) is 6.04 Å². The lowest BCUT2D eigenvalue weighted by molar-refractivity contribution is -0.856. The third kappa shape index (κ3) is 5.06. The first-order valence-corrected chi connectivity index (χ1v) is 8.12. The second-order valence-corrected chi connectivity index (χ2v) is 6.18. The molecule has 7 heteroatoms. The van der Waals surface area contributed by atoms with E-state index in [9.17, 15) is 9.59 Å². The van der Waals surface area contributed by atoms with Crippen molar-refractivity contribution in [1.82, 2.24) is 10.6 Å². The number of rotatable bonds is 7. The molecule has 2 rings (SSSR count). The van der Waals surface area contributed by atoms with Crippen molar-refractivity contribution >= 4 is 17.5 Å². The van der Waals surface area contributed by atoms with E-state index in [0.717, 1.165) is 17.8 Å². The third-order valence-electron chi connectivity index (χ3n) is 3.74. The summed E-state index contributed by atoms with van der Waals surface area (Å²) in [5, 5.41) is 9.46. The molecular formula is C17H25N4O3+. The number of hydrogen-bond donors (Lipinski definition) is 3. The predicted octanol–water partition coefficient (Wildman–Crippen LogP) is -1.05. The molecular weight excluding hydrogens is 308 g/mol. The molecule has 0 aliphatic carbocycles. The average Bonchev–Trinajstić information content (AvgIpc) is 3.05. The van der Waals surface area contributed by atoms with Gasteiger partial charge in [-0.15, -0.1) is 0 Å². The molecule has 0 saturated carbocycles. The van der Waals surface area contributed by atoms with Gasteiger partial charge in [-0.05, 0) is 12.5 Å². The number of oxime groups is 1. The molecule has 130 valence electrons. The summed E-state index contributed by atoms with van der Waals surface area (Å²) in [5.41, 5.74) is 1.67. The molecule has 1 aliphatic heterocycles. The van der Waals surface area contributed by atoms with Gasteiger partial charge in [-0.25, -0.2) is 0 Å². The summed E-state index contributed by atoms with van der Waals surface area (Å²) in [4.78, 5) is 30.6. The Balaban J connectivity index is 1.78. The summed E-state index contributed by atoms with van der Waals surface area (Å²) >= 11 is 0. The number of amides is 2. The fourth-order valence-electron chi connectivity index (χ4n) is 2.28. The van der Waals surface area contributed by atoms with Gasteiger partial charge >= 0.3 is 0 Å². The fraction of sp³-hybridized carbons (Fsp3) is 0.471. The maximum atomic E-state index is 12.2. The zero-order valence-electron chi connectivity index (χ0n) is 14.3. The van der Waals surface area contributed by atoms with Crippen LogP contribution in [-0.4, -0.2) is 56.9 Å². The van der Waals surface area contributed by atoms with Crippen LogP contribution in [0.25, 0.3) is 0 Å². The van der Waals surface area contributed by atoms with Crippen LogP contribution >= 0.6 is 0 Å². The Morgan fingerprint density at radius 1 is 1.33 bits per heavy atom. The van der Waals surface area contributed by atoms with E-state index in [4.69, 9.17) is 4.84 Å². The molecule has 0 bridgehead atoms. The van der Waals surface area contributed by atoms with Crippen molar-refractivity contribution in [2.24, 2.45) is 5.16 Å². The van der Waals surface area contributed by atoms with Crippen LogP contribution in [0.4, 0.5) is 0 Å². The van der Waals surface area contributed by atoms with E-state index in [0.29, 0.717) is 13.0 Å². The molecule has 7 nitrogen and oxygen atoms in total. The van der Waals surface area contributed by atoms with Gasteiger partial charge in [-0.3, -0.25) is 9.59 Å². The lowest BCUT2D eigenvalue weighted by atomic mass is 10.0. The highest BCUT2D eigenvalue weighted by Gasteiger charge is 2.30. The second-order valence-electron chi connectivity index (χ2n) is 6.18. The molecule has 0 spiro atoms. The maximum absolute atomic E-state index is 12.2. The van der Waals surface area contributed by atoms with Gasteiger partial charge in [-0.1, -0.05) is 35.5 Å². The van der Waals surface area contributed by atoms with E-state index < -0.39 is 12.1 Å². The predicted molar refractivity (Wildman–Crippen MR) is 90.8 cm³/mol. The van der Waals surface area contributed by atoms with Crippen LogP contribution in [0.15, 0.2) is 35.5 Å². The van der Waals surface area contributed by atoms with Gasteiger partial charge in [0.25, 0.3) is 5.91 Å². The number of nitrogens with zero attached hydrogens (tertiary/aromatic N) is 1. The number of hydrogen-bond acceptors (Lipinski definition) is 4. The van der Waals surface area contributed by atoms with Gasteiger partial charge in [0.05, 0.1) is 32.9 Å². The Hall–Kier alpha value is -2.41. The van der Waals surface area contributed by atoms with Gasteiger partial charge in [0.15, 0.2) is 0 Å². The van der Waals surface area contributed by atoms with Crippen LogP contribution in [0.3, 0.4) is 0 Å². The van der Waals surface area contributed by atoms with Crippen LogP contribution in [-0.2, 0) is 14.4 Å². The molecule has 0 saturated heterocycles. The van der Waals surface area contributed by atoms with Crippen LogP contribution in [0.2, 0.25) is 0 Å². The van der Waals surface area contributed by atoms with E-state index in [2.05, 4.69) is 15.8 Å². The second kappa shape index (κ2) is 8.44. The van der Waals surface area contributed by atoms with Gasteiger partial charge in [0, 0.05) is 6.42 Å². The highest BCUT2D eigenvalue weighted by molar-refractivity contribution is 6.04. The summed E-state index contributed by atoms with van der Waals surface area (Å²) in [6.07, 6.45) is -0.296. The standard InChI is InChI=1S/C17H24N4O3/c1-12(16(22)18-9-10-21(2)3)19-17(23)15-11-14(20-24-15)13-7-5-4-6-8-13/h4-8,12,15H,9-11H2,1-3H3,(H,18,22)(H,19,23)/p+1/t12-,15-/m1/s1. The Morgan fingerprint density at radius 3 is 2.71 bits per heavy atom. The third-order valence-corrected chi connectivity index (χ3v) is 3.74. The Bertz CT molecular complexity index is 601. The SMILES string of the molecule is C[C@@H](NC(=O)[C@H]1CC(c2ccccc2)=NO1)C(=O)NCC[NH+](C)C. The topological polar surface area (TPSA) is 84.2 Å². The van der Waals surface area contributed by atoms with Crippen molar-refractivity contribution in [2.75, 3.05) is 27.2 Å². The monoisotopic (exact) mass is 333 g/mol. The van der Waals surface area contributed by atoms with Crippen LogP contribution < -0.4 is 15.5 Å². The first kappa shape index (κ1) is 17.9. The van der Waals surface area contributed by atoms with Crippen molar-refractivity contribution in [3.05, 3.63) is 35.9 Å². The Morgan fingerprint density at radius 2 is 2.04 bits per heavy atom. The van der Waals surface area contributed by atoms with Crippen LogP contribution in [0.5, 0.6) is 0 Å². The van der Waals surface area contributed by atoms with E-state index >= 15 is 0 Å². The minimum absolute atomic E-state index is 0.202. The molecule has 0 fully saturated rings. The van der Waals surface area contributed by atoms with Gasteiger partial charge in [-0.2, -0.15) is 0 Å². The molecule has 3 N–H and O–H groups in total. The highest BCUT2D eigenvalue weighted by Crippen LogP contribution is 2.16. The van der Waals surface area contributed by atoms with Crippen molar-refractivity contribution in [3.8, 4) is 0 Å². The molecule has 0 aromatic heterocycles. The summed E-state index contributed by atoms with van der Waals surface area (Å²) in [7, 11) is 4.03. The normalized spacial score (nSPS) is 17.8. The number of benzene rings is 1. The van der Waals surface area contributed by atoms with Gasteiger partial charge < -0.3 is 20.4 Å². The summed E-state index contributed by atoms with van der Waals surface area (Å²) < 4.78 is 0. The zero-order chi connectivity index (χ0) is 17.5. The molecule has 1 aromatic carbocycles. The number of quaternary nitrogens is 1. The molecule has 1 heterocycles. The minimum Gasteiger partial charge on any atom is -0.382 e. The quantitative estimate of drug-likeness (QED) is 0.595. The van der Waals surface area contributed by atoms with E-state index in [1.165, 1.54) is 4.90 Å². The zero-order valence-corrected chi connectivity index (χ0v) is 14.3. The molecule has 0 radical (unpaired) electrons. The minimum atomic E-state index is -0.693. The number of carbonyl (C=O) groups is 2. The molecule has 1 aliphatic rings. The largest absolute Gasteiger partial charge is 0.382 e.